The molecule has 0 radical (unpaired) electrons. The normalized spacial score (nSPS) is 13.7. The van der Waals surface area contributed by atoms with Crippen molar-refractivity contribution in [3.05, 3.63) is 17.5 Å². The van der Waals surface area contributed by atoms with Crippen molar-refractivity contribution in [1.82, 2.24) is 5.16 Å². The molecule has 1 heterocycles. The maximum absolute atomic E-state index is 4.73. The summed E-state index contributed by atoms with van der Waals surface area (Å²) >= 11 is 3.41. The van der Waals surface area contributed by atoms with Crippen LogP contribution in [0.2, 0.25) is 0 Å². The first-order valence-corrected chi connectivity index (χ1v) is 3.68. The van der Waals surface area contributed by atoms with Gasteiger partial charge in [0, 0.05) is 10.4 Å². The van der Waals surface area contributed by atoms with Crippen LogP contribution in [0.3, 0.4) is 0 Å². The summed E-state index contributed by atoms with van der Waals surface area (Å²) in [4.78, 5) is 0.337. The van der Waals surface area contributed by atoms with Crippen molar-refractivity contribution in [2.45, 2.75) is 18.7 Å². The second-order valence-electron chi connectivity index (χ2n) is 1.97. The number of hydrogen-bond donors (Lipinski definition) is 0. The zero-order valence-corrected chi connectivity index (χ0v) is 6.97. The summed E-state index contributed by atoms with van der Waals surface area (Å²) in [6, 6.07) is 0. The molecule has 0 bridgehead atoms. The minimum absolute atomic E-state index is 0.337. The molecule has 0 saturated carbocycles. The Balaban J connectivity index is 2.94. The lowest BCUT2D eigenvalue weighted by atomic mass is 10.2. The highest BCUT2D eigenvalue weighted by Crippen LogP contribution is 2.23. The van der Waals surface area contributed by atoms with E-state index in [4.69, 9.17) is 4.52 Å². The van der Waals surface area contributed by atoms with Gasteiger partial charge in [-0.2, -0.15) is 0 Å². The molecule has 0 aliphatic rings. The van der Waals surface area contributed by atoms with Crippen LogP contribution in [0.5, 0.6) is 0 Å². The molecule has 1 rings (SSSR count). The number of alkyl halides is 1. The van der Waals surface area contributed by atoms with E-state index in [1.807, 2.05) is 13.8 Å². The van der Waals surface area contributed by atoms with E-state index < -0.39 is 0 Å². The molecule has 0 spiro atoms. The van der Waals surface area contributed by atoms with E-state index in [2.05, 4.69) is 21.1 Å². The number of hydrogen-bond acceptors (Lipinski definition) is 2. The van der Waals surface area contributed by atoms with Crippen LogP contribution in [0.4, 0.5) is 0 Å². The predicted molar refractivity (Wildman–Crippen MR) is 38.6 cm³/mol. The van der Waals surface area contributed by atoms with Gasteiger partial charge in [-0.15, -0.1) is 0 Å². The summed E-state index contributed by atoms with van der Waals surface area (Å²) in [5.74, 6) is 0. The first-order chi connectivity index (χ1) is 4.22. The molecular weight excluding hydrogens is 182 g/mol. The van der Waals surface area contributed by atoms with Crippen molar-refractivity contribution >= 4 is 15.9 Å². The van der Waals surface area contributed by atoms with Gasteiger partial charge in [-0.3, -0.25) is 0 Å². The van der Waals surface area contributed by atoms with Crippen LogP contribution >= 0.6 is 15.9 Å². The van der Waals surface area contributed by atoms with Crippen molar-refractivity contribution in [3.63, 3.8) is 0 Å². The van der Waals surface area contributed by atoms with Gasteiger partial charge in [-0.05, 0) is 13.8 Å². The minimum Gasteiger partial charge on any atom is -0.364 e. The standard InChI is InChI=1S/C6H8BrNO/c1-4(7)6-3-9-8-5(6)2/h3-4H,1-2H3. The van der Waals surface area contributed by atoms with Crippen molar-refractivity contribution in [2.75, 3.05) is 0 Å². The van der Waals surface area contributed by atoms with Gasteiger partial charge in [-0.1, -0.05) is 21.1 Å². The van der Waals surface area contributed by atoms with E-state index in [1.165, 1.54) is 0 Å². The van der Waals surface area contributed by atoms with Crippen LogP contribution in [0.25, 0.3) is 0 Å². The molecule has 0 fully saturated rings. The Morgan fingerprint density at radius 1 is 1.78 bits per heavy atom. The quantitative estimate of drug-likeness (QED) is 0.635. The lowest BCUT2D eigenvalue weighted by molar-refractivity contribution is 0.414. The van der Waals surface area contributed by atoms with Crippen LogP contribution in [0.1, 0.15) is 23.0 Å². The Morgan fingerprint density at radius 3 is 2.67 bits per heavy atom. The van der Waals surface area contributed by atoms with Gasteiger partial charge in [-0.25, -0.2) is 0 Å². The molecule has 0 aliphatic heterocycles. The van der Waals surface area contributed by atoms with Crippen LogP contribution in [-0.4, -0.2) is 5.16 Å². The molecule has 0 amide bonds. The highest BCUT2D eigenvalue weighted by Gasteiger charge is 2.06. The number of halogens is 1. The van der Waals surface area contributed by atoms with Crippen LogP contribution in [0, 0.1) is 6.92 Å². The molecule has 0 N–H and O–H groups in total. The van der Waals surface area contributed by atoms with Gasteiger partial charge in [0.15, 0.2) is 0 Å². The van der Waals surface area contributed by atoms with Crippen LogP contribution in [-0.2, 0) is 0 Å². The fourth-order valence-electron chi connectivity index (χ4n) is 0.682. The van der Waals surface area contributed by atoms with Crippen molar-refractivity contribution in [2.24, 2.45) is 0 Å². The Labute approximate surface area is 62.4 Å². The van der Waals surface area contributed by atoms with Crippen LogP contribution in [0.15, 0.2) is 10.8 Å². The first kappa shape index (κ1) is 6.81. The predicted octanol–water partition coefficient (Wildman–Crippen LogP) is 2.44. The lowest BCUT2D eigenvalue weighted by Crippen LogP contribution is -1.82. The lowest BCUT2D eigenvalue weighted by Gasteiger charge is -1.95. The molecule has 50 valence electrons. The average molecular weight is 190 g/mol. The van der Waals surface area contributed by atoms with E-state index in [0.717, 1.165) is 11.3 Å². The minimum atomic E-state index is 0.337. The Morgan fingerprint density at radius 2 is 2.44 bits per heavy atom. The summed E-state index contributed by atoms with van der Waals surface area (Å²) < 4.78 is 4.73. The maximum Gasteiger partial charge on any atom is 0.128 e. The fraction of sp³-hybridized carbons (Fsp3) is 0.500. The van der Waals surface area contributed by atoms with Crippen molar-refractivity contribution < 1.29 is 4.52 Å². The molecule has 0 aromatic carbocycles. The van der Waals surface area contributed by atoms with E-state index in [1.54, 1.807) is 6.26 Å². The third-order valence-corrected chi connectivity index (χ3v) is 1.71. The molecule has 1 aromatic rings. The van der Waals surface area contributed by atoms with Gasteiger partial charge in [0.05, 0.1) is 5.69 Å². The molecular formula is C6H8BrNO. The summed E-state index contributed by atoms with van der Waals surface area (Å²) in [5, 5.41) is 3.73. The third-order valence-electron chi connectivity index (χ3n) is 1.22. The summed E-state index contributed by atoms with van der Waals surface area (Å²) in [7, 11) is 0. The van der Waals surface area contributed by atoms with Gasteiger partial charge in [0.2, 0.25) is 0 Å². The van der Waals surface area contributed by atoms with Gasteiger partial charge < -0.3 is 4.52 Å². The first-order valence-electron chi connectivity index (χ1n) is 2.76. The van der Waals surface area contributed by atoms with E-state index in [9.17, 15) is 0 Å². The molecule has 2 nitrogen and oxygen atoms in total. The zero-order valence-electron chi connectivity index (χ0n) is 5.39. The number of aryl methyl sites for hydroxylation is 1. The molecule has 9 heavy (non-hydrogen) atoms. The molecule has 1 atom stereocenters. The van der Waals surface area contributed by atoms with Gasteiger partial charge >= 0.3 is 0 Å². The molecule has 0 aliphatic carbocycles. The third kappa shape index (κ3) is 1.33. The Kier molecular flexibility index (Phi) is 1.90. The topological polar surface area (TPSA) is 26.0 Å². The molecule has 1 unspecified atom stereocenters. The monoisotopic (exact) mass is 189 g/mol. The van der Waals surface area contributed by atoms with Gasteiger partial charge in [0.1, 0.15) is 6.26 Å². The van der Waals surface area contributed by atoms with Crippen molar-refractivity contribution in [1.29, 1.82) is 0 Å². The van der Waals surface area contributed by atoms with E-state index in [-0.39, 0.29) is 0 Å². The molecule has 1 aromatic heterocycles. The van der Waals surface area contributed by atoms with Gasteiger partial charge in [0.25, 0.3) is 0 Å². The summed E-state index contributed by atoms with van der Waals surface area (Å²) in [6.07, 6.45) is 1.66. The number of rotatable bonds is 1. The SMILES string of the molecule is Cc1nocc1C(C)Br. The molecule has 3 heteroatoms. The maximum atomic E-state index is 4.73. The fourth-order valence-corrected chi connectivity index (χ4v) is 1.12. The number of aromatic nitrogens is 1. The molecule has 0 saturated heterocycles. The highest BCUT2D eigenvalue weighted by atomic mass is 79.9. The second kappa shape index (κ2) is 2.52. The average Bonchev–Trinajstić information content (AvgIpc) is 2.13. The largest absolute Gasteiger partial charge is 0.364 e. The summed E-state index contributed by atoms with van der Waals surface area (Å²) in [6.45, 7) is 3.97. The number of nitrogens with zero attached hydrogens (tertiary/aromatic N) is 1. The zero-order chi connectivity index (χ0) is 6.85. The van der Waals surface area contributed by atoms with E-state index in [0.29, 0.717) is 4.83 Å². The van der Waals surface area contributed by atoms with Crippen molar-refractivity contribution in [3.8, 4) is 0 Å². The van der Waals surface area contributed by atoms with Crippen LogP contribution < -0.4 is 0 Å². The Bertz CT molecular complexity index is 195. The summed E-state index contributed by atoms with van der Waals surface area (Å²) in [5.41, 5.74) is 2.08. The Hall–Kier alpha value is -0.310. The van der Waals surface area contributed by atoms with E-state index >= 15 is 0 Å². The highest BCUT2D eigenvalue weighted by molar-refractivity contribution is 9.09. The smallest absolute Gasteiger partial charge is 0.128 e. The second-order valence-corrected chi connectivity index (χ2v) is 3.34.